The number of carbonyl (C=O) groups excluding carboxylic acids is 1. The minimum atomic E-state index is -1.00. The Bertz CT molecular complexity index is 1050. The summed E-state index contributed by atoms with van der Waals surface area (Å²) in [6, 6.07) is 14.1. The lowest BCUT2D eigenvalue weighted by Gasteiger charge is -2.14. The molecule has 5 nitrogen and oxygen atoms in total. The summed E-state index contributed by atoms with van der Waals surface area (Å²) in [5, 5.41) is 11.0. The van der Waals surface area contributed by atoms with Crippen molar-refractivity contribution in [1.29, 1.82) is 0 Å². The van der Waals surface area contributed by atoms with E-state index in [1.807, 2.05) is 23.6 Å². The van der Waals surface area contributed by atoms with E-state index in [2.05, 4.69) is 6.07 Å². The van der Waals surface area contributed by atoms with Crippen molar-refractivity contribution in [2.45, 2.75) is 12.3 Å². The second-order valence-corrected chi connectivity index (χ2v) is 7.91. The van der Waals surface area contributed by atoms with Gasteiger partial charge in [-0.2, -0.15) is 0 Å². The lowest BCUT2D eigenvalue weighted by Crippen LogP contribution is -2.05. The Morgan fingerprint density at radius 2 is 1.69 bits per heavy atom. The van der Waals surface area contributed by atoms with Crippen LogP contribution in [0.1, 0.15) is 38.6 Å². The predicted molar refractivity (Wildman–Crippen MR) is 111 cm³/mol. The number of benzene rings is 2. The number of carboxylic acids is 1. The quantitative estimate of drug-likeness (QED) is 0.550. The minimum absolute atomic E-state index is 0.0301. The monoisotopic (exact) mass is 408 g/mol. The van der Waals surface area contributed by atoms with Crippen molar-refractivity contribution < 1.29 is 24.2 Å². The van der Waals surface area contributed by atoms with E-state index >= 15 is 0 Å². The van der Waals surface area contributed by atoms with Crippen molar-refractivity contribution in [2.24, 2.45) is 5.92 Å². The second kappa shape index (κ2) is 7.72. The van der Waals surface area contributed by atoms with E-state index in [4.69, 9.17) is 14.6 Å². The summed E-state index contributed by atoms with van der Waals surface area (Å²) in [4.78, 5) is 25.0. The highest BCUT2D eigenvalue weighted by Gasteiger charge is 2.45. The molecule has 1 saturated carbocycles. The van der Waals surface area contributed by atoms with Crippen molar-refractivity contribution in [2.75, 3.05) is 14.2 Å². The van der Waals surface area contributed by atoms with Crippen molar-refractivity contribution in [3.63, 3.8) is 0 Å². The van der Waals surface area contributed by atoms with Crippen molar-refractivity contribution >= 4 is 23.1 Å². The van der Waals surface area contributed by atoms with Crippen LogP contribution in [0, 0.1) is 5.92 Å². The Kier molecular flexibility index (Phi) is 5.11. The first kappa shape index (κ1) is 19.2. The van der Waals surface area contributed by atoms with Crippen LogP contribution in [0.25, 0.3) is 10.4 Å². The van der Waals surface area contributed by atoms with E-state index in [-0.39, 0.29) is 23.2 Å². The van der Waals surface area contributed by atoms with Crippen LogP contribution < -0.4 is 9.47 Å². The summed E-state index contributed by atoms with van der Waals surface area (Å²) in [6.45, 7) is 0. The van der Waals surface area contributed by atoms with Crippen LogP contribution in [0.3, 0.4) is 0 Å². The second-order valence-electron chi connectivity index (χ2n) is 6.97. The Labute approximate surface area is 172 Å². The summed E-state index contributed by atoms with van der Waals surface area (Å²) in [6.07, 6.45) is 0.742. The van der Waals surface area contributed by atoms with E-state index in [9.17, 15) is 9.59 Å². The number of carboxylic acid groups (broad SMARTS) is 1. The first-order valence-electron chi connectivity index (χ1n) is 9.21. The molecule has 1 aliphatic carbocycles. The van der Waals surface area contributed by atoms with E-state index in [1.165, 1.54) is 12.1 Å². The molecule has 6 heteroatoms. The number of carbonyl (C=O) groups is 2. The molecule has 0 radical (unpaired) electrons. The SMILES string of the molecule is COc1cc(OC)c([C@@H]2C[C@H]2C(=O)c2ccc(C(=O)O)cc2)cc1-c1cccs1. The maximum atomic E-state index is 12.9. The fraction of sp³-hybridized carbons (Fsp3) is 0.217. The molecule has 4 rings (SSSR count). The number of thiophene rings is 1. The van der Waals surface area contributed by atoms with Crippen LogP contribution in [-0.4, -0.2) is 31.1 Å². The lowest BCUT2D eigenvalue weighted by atomic mass is 9.99. The molecular formula is C23H20O5S. The van der Waals surface area contributed by atoms with Crippen LogP contribution in [0.15, 0.2) is 53.9 Å². The number of methoxy groups -OCH3 is 2. The smallest absolute Gasteiger partial charge is 0.335 e. The highest BCUT2D eigenvalue weighted by atomic mass is 32.1. The molecule has 3 aromatic rings. The van der Waals surface area contributed by atoms with Gasteiger partial charge in [-0.05, 0) is 47.5 Å². The third-order valence-corrected chi connectivity index (χ3v) is 6.18. The Balaban J connectivity index is 1.63. The molecule has 0 saturated heterocycles. The van der Waals surface area contributed by atoms with Gasteiger partial charge in [0.25, 0.3) is 0 Å². The van der Waals surface area contributed by atoms with Gasteiger partial charge in [0.1, 0.15) is 11.5 Å². The average molecular weight is 408 g/mol. The molecule has 2 aromatic carbocycles. The molecule has 0 spiro atoms. The maximum absolute atomic E-state index is 12.9. The summed E-state index contributed by atoms with van der Waals surface area (Å²) in [5.41, 5.74) is 2.69. The molecule has 0 aliphatic heterocycles. The van der Waals surface area contributed by atoms with Gasteiger partial charge in [-0.1, -0.05) is 18.2 Å². The molecule has 1 heterocycles. The fourth-order valence-electron chi connectivity index (χ4n) is 3.66. The van der Waals surface area contributed by atoms with Crippen LogP contribution in [0.2, 0.25) is 0 Å². The molecule has 0 bridgehead atoms. The van der Waals surface area contributed by atoms with Crippen LogP contribution in [0.5, 0.6) is 11.5 Å². The number of aromatic carboxylic acids is 1. The molecule has 1 aromatic heterocycles. The van der Waals surface area contributed by atoms with Gasteiger partial charge < -0.3 is 14.6 Å². The van der Waals surface area contributed by atoms with E-state index in [0.717, 1.165) is 28.2 Å². The van der Waals surface area contributed by atoms with Gasteiger partial charge in [-0.3, -0.25) is 4.79 Å². The third kappa shape index (κ3) is 3.63. The highest BCUT2D eigenvalue weighted by Crippen LogP contribution is 2.54. The zero-order valence-electron chi connectivity index (χ0n) is 16.0. The van der Waals surface area contributed by atoms with Gasteiger partial charge in [0.05, 0.1) is 19.8 Å². The summed E-state index contributed by atoms with van der Waals surface area (Å²) >= 11 is 1.63. The number of hydrogen-bond donors (Lipinski definition) is 1. The molecule has 1 N–H and O–H groups in total. The standard InChI is InChI=1S/C23H20O5S/c1-27-19-12-20(28-2)18(21-4-3-9-29-21)11-16(19)15-10-17(15)22(24)13-5-7-14(8-6-13)23(25)26/h3-9,11-12,15,17H,10H2,1-2H3,(H,25,26)/t15-,17+/m0/s1. The van der Waals surface area contributed by atoms with Crippen LogP contribution in [-0.2, 0) is 0 Å². The highest BCUT2D eigenvalue weighted by molar-refractivity contribution is 7.13. The topological polar surface area (TPSA) is 72.8 Å². The molecule has 29 heavy (non-hydrogen) atoms. The first-order chi connectivity index (χ1) is 14.0. The number of hydrogen-bond acceptors (Lipinski definition) is 5. The average Bonchev–Trinajstić information content (AvgIpc) is 3.35. The van der Waals surface area contributed by atoms with Crippen LogP contribution in [0.4, 0.5) is 0 Å². The number of ketones is 1. The predicted octanol–water partition coefficient (Wildman–Crippen LogP) is 5.12. The molecule has 0 amide bonds. The number of rotatable bonds is 7. The zero-order valence-corrected chi connectivity index (χ0v) is 16.9. The lowest BCUT2D eigenvalue weighted by molar-refractivity contribution is 0.0696. The third-order valence-electron chi connectivity index (χ3n) is 5.28. The van der Waals surface area contributed by atoms with E-state index < -0.39 is 5.97 Å². The van der Waals surface area contributed by atoms with Gasteiger partial charge in [-0.15, -0.1) is 11.3 Å². The molecular weight excluding hydrogens is 388 g/mol. The van der Waals surface area contributed by atoms with Crippen molar-refractivity contribution in [3.05, 3.63) is 70.6 Å². The molecule has 1 fully saturated rings. The molecule has 2 atom stereocenters. The largest absolute Gasteiger partial charge is 0.496 e. The zero-order chi connectivity index (χ0) is 20.5. The number of Topliss-reactive ketones (excluding diaryl/α,β-unsaturated/α-hetero) is 1. The Hall–Kier alpha value is -3.12. The Morgan fingerprint density at radius 3 is 2.28 bits per heavy atom. The minimum Gasteiger partial charge on any atom is -0.496 e. The maximum Gasteiger partial charge on any atom is 0.335 e. The van der Waals surface area contributed by atoms with Crippen molar-refractivity contribution in [3.8, 4) is 21.9 Å². The summed E-state index contributed by atoms with van der Waals surface area (Å²) in [7, 11) is 3.25. The molecule has 1 aliphatic rings. The van der Waals surface area contributed by atoms with E-state index in [0.29, 0.717) is 11.3 Å². The number of ether oxygens (including phenoxy) is 2. The van der Waals surface area contributed by atoms with Gasteiger partial charge in [0.15, 0.2) is 5.78 Å². The summed E-state index contributed by atoms with van der Waals surface area (Å²) < 4.78 is 11.1. The van der Waals surface area contributed by atoms with Gasteiger partial charge in [0.2, 0.25) is 0 Å². The first-order valence-corrected chi connectivity index (χ1v) is 10.1. The van der Waals surface area contributed by atoms with Crippen molar-refractivity contribution in [1.82, 2.24) is 0 Å². The van der Waals surface area contributed by atoms with Gasteiger partial charge >= 0.3 is 5.97 Å². The van der Waals surface area contributed by atoms with Gasteiger partial charge in [0, 0.05) is 28.0 Å². The normalized spacial score (nSPS) is 17.6. The van der Waals surface area contributed by atoms with Gasteiger partial charge in [-0.25, -0.2) is 4.79 Å². The molecule has 148 valence electrons. The fourth-order valence-corrected chi connectivity index (χ4v) is 4.40. The molecule has 0 unspecified atom stereocenters. The summed E-state index contributed by atoms with van der Waals surface area (Å²) in [5.74, 6) is 0.412. The van der Waals surface area contributed by atoms with E-state index in [1.54, 1.807) is 37.7 Å². The van der Waals surface area contributed by atoms with Crippen LogP contribution >= 0.6 is 11.3 Å². The Morgan fingerprint density at radius 1 is 1.00 bits per heavy atom.